The van der Waals surface area contributed by atoms with Crippen molar-refractivity contribution in [2.24, 2.45) is 11.7 Å². The van der Waals surface area contributed by atoms with Crippen molar-refractivity contribution in [3.8, 4) is 0 Å². The molecule has 6 heteroatoms. The van der Waals surface area contributed by atoms with Crippen LogP contribution in [-0.2, 0) is 10.0 Å². The van der Waals surface area contributed by atoms with Crippen LogP contribution in [0.4, 0.5) is 0 Å². The van der Waals surface area contributed by atoms with E-state index in [0.717, 1.165) is 23.6 Å². The normalized spacial score (nSPS) is 17.7. The third-order valence-electron chi connectivity index (χ3n) is 4.30. The van der Waals surface area contributed by atoms with E-state index < -0.39 is 15.6 Å². The average Bonchev–Trinajstić information content (AvgIpc) is 3.31. The van der Waals surface area contributed by atoms with Crippen molar-refractivity contribution in [1.82, 2.24) is 4.72 Å². The minimum absolute atomic E-state index is 0. The van der Waals surface area contributed by atoms with E-state index in [1.807, 2.05) is 37.3 Å². The quantitative estimate of drug-likeness (QED) is 0.879. The highest BCUT2D eigenvalue weighted by molar-refractivity contribution is 7.89. The van der Waals surface area contributed by atoms with Crippen LogP contribution in [0.1, 0.15) is 19.8 Å². The Morgan fingerprint density at radius 2 is 1.82 bits per heavy atom. The summed E-state index contributed by atoms with van der Waals surface area (Å²) in [7, 11) is -3.56. The number of nitrogens with two attached hydrogens (primary N) is 1. The number of nitrogens with one attached hydrogen (secondary N) is 1. The highest BCUT2D eigenvalue weighted by atomic mass is 35.5. The summed E-state index contributed by atoms with van der Waals surface area (Å²) in [5.41, 5.74) is 5.25. The van der Waals surface area contributed by atoms with Crippen LogP contribution in [0, 0.1) is 5.92 Å². The molecule has 3 rings (SSSR count). The van der Waals surface area contributed by atoms with Crippen LogP contribution >= 0.6 is 12.4 Å². The van der Waals surface area contributed by atoms with Crippen molar-refractivity contribution < 1.29 is 8.42 Å². The second-order valence-corrected chi connectivity index (χ2v) is 7.69. The van der Waals surface area contributed by atoms with Crippen LogP contribution in [0.5, 0.6) is 0 Å². The molecule has 120 valence electrons. The van der Waals surface area contributed by atoms with Gasteiger partial charge >= 0.3 is 0 Å². The molecule has 0 amide bonds. The first-order valence-corrected chi connectivity index (χ1v) is 8.66. The van der Waals surface area contributed by atoms with Crippen molar-refractivity contribution in [2.75, 3.05) is 6.54 Å². The Kier molecular flexibility index (Phi) is 4.82. The summed E-state index contributed by atoms with van der Waals surface area (Å²) < 4.78 is 28.0. The van der Waals surface area contributed by atoms with E-state index in [4.69, 9.17) is 5.73 Å². The number of hydrogen-bond acceptors (Lipinski definition) is 3. The van der Waals surface area contributed by atoms with Gasteiger partial charge in [-0.25, -0.2) is 13.1 Å². The summed E-state index contributed by atoms with van der Waals surface area (Å²) >= 11 is 0. The second kappa shape index (κ2) is 6.16. The zero-order valence-corrected chi connectivity index (χ0v) is 14.1. The van der Waals surface area contributed by atoms with E-state index in [1.165, 1.54) is 0 Å². The van der Waals surface area contributed by atoms with Crippen molar-refractivity contribution in [3.63, 3.8) is 0 Å². The summed E-state index contributed by atoms with van der Waals surface area (Å²) in [5, 5.41) is 1.95. The highest BCUT2D eigenvalue weighted by Crippen LogP contribution is 2.39. The van der Waals surface area contributed by atoms with Crippen molar-refractivity contribution >= 4 is 33.2 Å². The molecule has 4 nitrogen and oxygen atoms in total. The summed E-state index contributed by atoms with van der Waals surface area (Å²) in [6.45, 7) is 2.20. The molecule has 0 heterocycles. The van der Waals surface area contributed by atoms with Gasteiger partial charge in [-0.15, -0.1) is 12.4 Å². The van der Waals surface area contributed by atoms with E-state index in [0.29, 0.717) is 17.4 Å². The van der Waals surface area contributed by atoms with Gasteiger partial charge in [0.05, 0.1) is 4.90 Å². The largest absolute Gasteiger partial charge is 0.329 e. The summed E-state index contributed by atoms with van der Waals surface area (Å²) in [6.07, 6.45) is 2.07. The van der Waals surface area contributed by atoms with Crippen LogP contribution in [0.25, 0.3) is 10.8 Å². The van der Waals surface area contributed by atoms with Crippen LogP contribution < -0.4 is 10.5 Å². The van der Waals surface area contributed by atoms with Gasteiger partial charge in [-0.3, -0.25) is 0 Å². The molecule has 1 atom stereocenters. The first-order valence-electron chi connectivity index (χ1n) is 7.17. The molecule has 1 saturated carbocycles. The standard InChI is InChI=1S/C16H20N2O2S.ClH/c1-16(11-17,14-7-8-14)18-21(19,20)15-9-6-12-4-2-3-5-13(12)10-15;/h2-6,9-10,14,18H,7-8,11,17H2,1H3;1H. The Balaban J connectivity index is 0.00000176. The number of halogens is 1. The SMILES string of the molecule is CC(CN)(NS(=O)(=O)c1ccc2ccccc2c1)C1CC1.Cl. The van der Waals surface area contributed by atoms with Crippen LogP contribution in [-0.4, -0.2) is 20.5 Å². The lowest BCUT2D eigenvalue weighted by Crippen LogP contribution is -2.52. The molecule has 0 saturated heterocycles. The molecule has 2 aromatic carbocycles. The number of sulfonamides is 1. The Morgan fingerprint density at radius 1 is 1.18 bits per heavy atom. The molecule has 1 unspecified atom stereocenters. The Morgan fingerprint density at radius 3 is 2.41 bits per heavy atom. The molecule has 1 fully saturated rings. The minimum Gasteiger partial charge on any atom is -0.329 e. The smallest absolute Gasteiger partial charge is 0.241 e. The molecule has 0 radical (unpaired) electrons. The summed E-state index contributed by atoms with van der Waals surface area (Å²) in [5.74, 6) is 0.345. The fraction of sp³-hybridized carbons (Fsp3) is 0.375. The predicted molar refractivity (Wildman–Crippen MR) is 91.7 cm³/mol. The van der Waals surface area contributed by atoms with E-state index in [-0.39, 0.29) is 12.4 Å². The molecule has 3 N–H and O–H groups in total. The first-order chi connectivity index (χ1) is 9.94. The van der Waals surface area contributed by atoms with Gasteiger partial charge < -0.3 is 5.73 Å². The van der Waals surface area contributed by atoms with Crippen molar-refractivity contribution in [2.45, 2.75) is 30.2 Å². The molecular formula is C16H21ClN2O2S. The topological polar surface area (TPSA) is 72.2 Å². The third kappa shape index (κ3) is 3.27. The van der Waals surface area contributed by atoms with Crippen LogP contribution in [0.3, 0.4) is 0 Å². The first kappa shape index (κ1) is 17.2. The van der Waals surface area contributed by atoms with Gasteiger partial charge in [-0.2, -0.15) is 0 Å². The molecule has 2 aromatic rings. The Labute approximate surface area is 137 Å². The molecule has 0 aliphatic heterocycles. The number of rotatable bonds is 5. The zero-order chi connectivity index (χ0) is 15.1. The molecule has 1 aliphatic carbocycles. The maximum absolute atomic E-state index is 12.6. The molecule has 1 aliphatic rings. The van der Waals surface area contributed by atoms with Gasteiger partial charge in [0.1, 0.15) is 0 Å². The van der Waals surface area contributed by atoms with Crippen LogP contribution in [0.15, 0.2) is 47.4 Å². The summed E-state index contributed by atoms with van der Waals surface area (Å²) in [4.78, 5) is 0.293. The monoisotopic (exact) mass is 340 g/mol. The number of benzene rings is 2. The third-order valence-corrected chi connectivity index (χ3v) is 5.91. The lowest BCUT2D eigenvalue weighted by molar-refractivity contribution is 0.374. The van der Waals surface area contributed by atoms with Gasteiger partial charge in [-0.05, 0) is 48.6 Å². The van der Waals surface area contributed by atoms with Crippen LogP contribution in [0.2, 0.25) is 0 Å². The van der Waals surface area contributed by atoms with E-state index in [2.05, 4.69) is 4.72 Å². The highest BCUT2D eigenvalue weighted by Gasteiger charge is 2.43. The summed E-state index contributed by atoms with van der Waals surface area (Å²) in [6, 6.07) is 12.9. The van der Waals surface area contributed by atoms with Gasteiger partial charge in [-0.1, -0.05) is 30.3 Å². The van der Waals surface area contributed by atoms with E-state index >= 15 is 0 Å². The van der Waals surface area contributed by atoms with Crippen molar-refractivity contribution in [1.29, 1.82) is 0 Å². The maximum atomic E-state index is 12.6. The lowest BCUT2D eigenvalue weighted by Gasteiger charge is -2.29. The number of hydrogen-bond donors (Lipinski definition) is 2. The fourth-order valence-electron chi connectivity index (χ4n) is 2.71. The Bertz CT molecular complexity index is 775. The van der Waals surface area contributed by atoms with Gasteiger partial charge in [0, 0.05) is 12.1 Å². The van der Waals surface area contributed by atoms with Gasteiger partial charge in [0.2, 0.25) is 10.0 Å². The average molecular weight is 341 g/mol. The van der Waals surface area contributed by atoms with Gasteiger partial charge in [0.15, 0.2) is 0 Å². The molecule has 0 bridgehead atoms. The number of fused-ring (bicyclic) bond motifs is 1. The van der Waals surface area contributed by atoms with Gasteiger partial charge in [0.25, 0.3) is 0 Å². The molecular weight excluding hydrogens is 320 g/mol. The molecule has 0 spiro atoms. The fourth-order valence-corrected chi connectivity index (χ4v) is 4.22. The second-order valence-electron chi connectivity index (χ2n) is 6.01. The van der Waals surface area contributed by atoms with Crippen molar-refractivity contribution in [3.05, 3.63) is 42.5 Å². The van der Waals surface area contributed by atoms with E-state index in [9.17, 15) is 8.42 Å². The molecule has 0 aromatic heterocycles. The lowest BCUT2D eigenvalue weighted by atomic mass is 9.98. The molecule has 22 heavy (non-hydrogen) atoms. The minimum atomic E-state index is -3.56. The Hall–Kier alpha value is -1.14. The zero-order valence-electron chi connectivity index (χ0n) is 12.5. The predicted octanol–water partition coefficient (Wildman–Crippen LogP) is 2.67. The maximum Gasteiger partial charge on any atom is 0.241 e. The van der Waals surface area contributed by atoms with E-state index in [1.54, 1.807) is 12.1 Å².